The molecule has 28 heavy (non-hydrogen) atoms. The Morgan fingerprint density at radius 3 is 2.79 bits per heavy atom. The third kappa shape index (κ3) is 3.16. The van der Waals surface area contributed by atoms with E-state index in [-0.39, 0.29) is 5.91 Å². The fourth-order valence-corrected chi connectivity index (χ4v) is 3.65. The molecule has 2 N–H and O–H groups in total. The van der Waals surface area contributed by atoms with Crippen LogP contribution in [0.4, 0.5) is 5.69 Å². The maximum atomic E-state index is 11.5. The monoisotopic (exact) mass is 368 g/mol. The van der Waals surface area contributed by atoms with Crippen molar-refractivity contribution in [1.82, 2.24) is 15.2 Å². The fraction of sp³-hybridized carbons (Fsp3) is 0.174. The zero-order chi connectivity index (χ0) is 19.1. The molecule has 0 saturated heterocycles. The molecule has 0 spiro atoms. The quantitative estimate of drug-likeness (QED) is 0.525. The third-order valence-electron chi connectivity index (χ3n) is 5.17. The van der Waals surface area contributed by atoms with Gasteiger partial charge < -0.3 is 5.32 Å². The SMILES string of the molecule is CC(=O)Nc1cnc(-c2cccc(C3CC3)c2)c(-c2ccc3[nH]ncc3c2)c1. The molecule has 1 saturated carbocycles. The van der Waals surface area contributed by atoms with E-state index in [4.69, 9.17) is 4.98 Å². The number of H-pyrrole nitrogens is 1. The fourth-order valence-electron chi connectivity index (χ4n) is 3.65. The normalized spacial score (nSPS) is 13.6. The van der Waals surface area contributed by atoms with Gasteiger partial charge >= 0.3 is 0 Å². The molecule has 1 aliphatic rings. The van der Waals surface area contributed by atoms with Gasteiger partial charge in [-0.2, -0.15) is 5.10 Å². The molecular weight excluding hydrogens is 348 g/mol. The summed E-state index contributed by atoms with van der Waals surface area (Å²) >= 11 is 0. The lowest BCUT2D eigenvalue weighted by Gasteiger charge is -2.13. The van der Waals surface area contributed by atoms with Crippen LogP contribution in [0.25, 0.3) is 33.3 Å². The Kier molecular flexibility index (Phi) is 3.93. The number of aromatic nitrogens is 3. The average Bonchev–Trinajstić information content (AvgIpc) is 3.45. The van der Waals surface area contributed by atoms with Crippen LogP contribution in [-0.2, 0) is 4.79 Å². The Hall–Kier alpha value is -3.47. The summed E-state index contributed by atoms with van der Waals surface area (Å²) in [4.78, 5) is 16.3. The van der Waals surface area contributed by atoms with E-state index in [2.05, 4.69) is 51.9 Å². The Morgan fingerprint density at radius 1 is 1.07 bits per heavy atom. The lowest BCUT2D eigenvalue weighted by Crippen LogP contribution is -2.06. The summed E-state index contributed by atoms with van der Waals surface area (Å²) in [5.41, 5.74) is 7.11. The maximum Gasteiger partial charge on any atom is 0.221 e. The van der Waals surface area contributed by atoms with Crippen molar-refractivity contribution >= 4 is 22.5 Å². The molecule has 2 aromatic carbocycles. The zero-order valence-corrected chi connectivity index (χ0v) is 15.6. The predicted molar refractivity (Wildman–Crippen MR) is 111 cm³/mol. The average molecular weight is 368 g/mol. The van der Waals surface area contributed by atoms with E-state index >= 15 is 0 Å². The van der Waals surface area contributed by atoms with Gasteiger partial charge in [-0.25, -0.2) is 0 Å². The topological polar surface area (TPSA) is 70.7 Å². The van der Waals surface area contributed by atoms with Gasteiger partial charge in [0.25, 0.3) is 0 Å². The van der Waals surface area contributed by atoms with Crippen LogP contribution in [0.3, 0.4) is 0 Å². The van der Waals surface area contributed by atoms with Crippen LogP contribution in [-0.4, -0.2) is 21.1 Å². The maximum absolute atomic E-state index is 11.5. The minimum atomic E-state index is -0.110. The highest BCUT2D eigenvalue weighted by Crippen LogP contribution is 2.42. The highest BCUT2D eigenvalue weighted by molar-refractivity contribution is 5.93. The summed E-state index contributed by atoms with van der Waals surface area (Å²) in [6.45, 7) is 1.50. The molecule has 0 atom stereocenters. The number of fused-ring (bicyclic) bond motifs is 1. The molecule has 5 heteroatoms. The highest BCUT2D eigenvalue weighted by atomic mass is 16.1. The first kappa shape index (κ1) is 16.7. The van der Waals surface area contributed by atoms with Crippen LogP contribution < -0.4 is 5.32 Å². The summed E-state index contributed by atoms with van der Waals surface area (Å²) in [5, 5.41) is 11.0. The number of nitrogens with one attached hydrogen (secondary N) is 2. The van der Waals surface area contributed by atoms with Crippen LogP contribution in [0.15, 0.2) is 60.9 Å². The van der Waals surface area contributed by atoms with Crippen LogP contribution in [0, 0.1) is 0 Å². The van der Waals surface area contributed by atoms with Crippen molar-refractivity contribution in [3.63, 3.8) is 0 Å². The number of carbonyl (C=O) groups is 1. The predicted octanol–water partition coefficient (Wildman–Crippen LogP) is 5.13. The minimum absolute atomic E-state index is 0.110. The van der Waals surface area contributed by atoms with Crippen molar-refractivity contribution in [3.8, 4) is 22.4 Å². The second-order valence-electron chi connectivity index (χ2n) is 7.37. The van der Waals surface area contributed by atoms with Crippen molar-refractivity contribution in [3.05, 3.63) is 66.5 Å². The van der Waals surface area contributed by atoms with E-state index in [1.54, 1.807) is 6.20 Å². The smallest absolute Gasteiger partial charge is 0.221 e. The standard InChI is InChI=1S/C23H20N4O/c1-14(28)26-20-11-21(17-7-8-22-19(10-17)12-25-27-22)23(24-13-20)18-4-2-3-16(9-18)15-5-6-15/h2-4,7-13,15H,5-6H2,1H3,(H,25,27)(H,26,28). The number of nitrogens with zero attached hydrogens (tertiary/aromatic N) is 2. The largest absolute Gasteiger partial charge is 0.325 e. The summed E-state index contributed by atoms with van der Waals surface area (Å²) < 4.78 is 0. The molecule has 1 amide bonds. The van der Waals surface area contributed by atoms with Gasteiger partial charge in [-0.3, -0.25) is 14.9 Å². The Morgan fingerprint density at radius 2 is 1.96 bits per heavy atom. The Balaban J connectivity index is 1.67. The first-order valence-electron chi connectivity index (χ1n) is 9.49. The van der Waals surface area contributed by atoms with E-state index in [9.17, 15) is 4.79 Å². The lowest BCUT2D eigenvalue weighted by atomic mass is 9.96. The van der Waals surface area contributed by atoms with Gasteiger partial charge in [-0.05, 0) is 54.2 Å². The van der Waals surface area contributed by atoms with Gasteiger partial charge in [0.1, 0.15) is 0 Å². The van der Waals surface area contributed by atoms with Gasteiger partial charge in [0, 0.05) is 23.4 Å². The van der Waals surface area contributed by atoms with Gasteiger partial charge in [0.05, 0.1) is 29.3 Å². The van der Waals surface area contributed by atoms with Gasteiger partial charge in [-0.15, -0.1) is 0 Å². The van der Waals surface area contributed by atoms with E-state index in [0.29, 0.717) is 11.6 Å². The van der Waals surface area contributed by atoms with E-state index in [1.807, 2.05) is 18.3 Å². The van der Waals surface area contributed by atoms with Crippen molar-refractivity contribution < 1.29 is 4.79 Å². The minimum Gasteiger partial charge on any atom is -0.325 e. The van der Waals surface area contributed by atoms with E-state index in [0.717, 1.165) is 33.3 Å². The van der Waals surface area contributed by atoms with Crippen molar-refractivity contribution in [2.75, 3.05) is 5.32 Å². The molecule has 0 bridgehead atoms. The number of rotatable bonds is 4. The molecule has 5 nitrogen and oxygen atoms in total. The molecule has 5 rings (SSSR count). The number of hydrogen-bond donors (Lipinski definition) is 2. The molecule has 2 aromatic heterocycles. The van der Waals surface area contributed by atoms with Crippen LogP contribution in [0.2, 0.25) is 0 Å². The second kappa shape index (κ2) is 6.60. The molecule has 0 radical (unpaired) electrons. The van der Waals surface area contributed by atoms with E-state index < -0.39 is 0 Å². The van der Waals surface area contributed by atoms with Crippen LogP contribution in [0.1, 0.15) is 31.2 Å². The summed E-state index contributed by atoms with van der Waals surface area (Å²) in [5.74, 6) is 0.575. The van der Waals surface area contributed by atoms with E-state index in [1.165, 1.54) is 25.3 Å². The summed E-state index contributed by atoms with van der Waals surface area (Å²) in [7, 11) is 0. The van der Waals surface area contributed by atoms with Gasteiger partial charge in [0.2, 0.25) is 5.91 Å². The number of pyridine rings is 1. The number of hydrogen-bond acceptors (Lipinski definition) is 3. The molecule has 1 aliphatic carbocycles. The Bertz CT molecular complexity index is 1190. The highest BCUT2D eigenvalue weighted by Gasteiger charge is 2.24. The molecular formula is C23H20N4O. The molecule has 4 aromatic rings. The zero-order valence-electron chi connectivity index (χ0n) is 15.6. The molecule has 0 unspecified atom stereocenters. The van der Waals surface area contributed by atoms with Crippen LogP contribution >= 0.6 is 0 Å². The number of amides is 1. The third-order valence-corrected chi connectivity index (χ3v) is 5.17. The number of carbonyl (C=O) groups excluding carboxylic acids is 1. The molecule has 138 valence electrons. The number of benzene rings is 2. The summed E-state index contributed by atoms with van der Waals surface area (Å²) in [6, 6.07) is 16.8. The molecule has 2 heterocycles. The summed E-state index contributed by atoms with van der Waals surface area (Å²) in [6.07, 6.45) is 6.07. The van der Waals surface area contributed by atoms with Crippen molar-refractivity contribution in [2.24, 2.45) is 0 Å². The van der Waals surface area contributed by atoms with Gasteiger partial charge in [0.15, 0.2) is 0 Å². The van der Waals surface area contributed by atoms with Crippen molar-refractivity contribution in [2.45, 2.75) is 25.7 Å². The second-order valence-corrected chi connectivity index (χ2v) is 7.37. The molecule has 0 aliphatic heterocycles. The number of aromatic amines is 1. The number of anilines is 1. The Labute approximate surface area is 162 Å². The molecule has 1 fully saturated rings. The first-order chi connectivity index (χ1) is 13.7. The lowest BCUT2D eigenvalue weighted by molar-refractivity contribution is -0.114. The first-order valence-corrected chi connectivity index (χ1v) is 9.49. The van der Waals surface area contributed by atoms with Gasteiger partial charge in [-0.1, -0.05) is 24.3 Å². The van der Waals surface area contributed by atoms with Crippen molar-refractivity contribution in [1.29, 1.82) is 0 Å². The van der Waals surface area contributed by atoms with Crippen LogP contribution in [0.5, 0.6) is 0 Å².